The van der Waals surface area contributed by atoms with Crippen LogP contribution in [-0.4, -0.2) is 9.17 Å². The van der Waals surface area contributed by atoms with Gasteiger partial charge in [-0.2, -0.15) is 0 Å². The second-order valence-corrected chi connectivity index (χ2v) is 0.750. The van der Waals surface area contributed by atoms with Gasteiger partial charge in [0, 0.05) is 9.17 Å². The number of hydrogen-bond acceptors (Lipinski definition) is 4. The molecular weight excluding hydrogens is 183 g/mol. The van der Waals surface area contributed by atoms with Gasteiger partial charge in [0.05, 0.1) is 0 Å². The topological polar surface area (TPSA) is 80.3 Å². The SMILES string of the molecule is O=[Si]([O-])[O-].[O]=[Zr+2]. The second kappa shape index (κ2) is 9.00. The third-order valence-corrected chi connectivity index (χ3v) is 0. The molecule has 0 aromatic rings. The molecule has 0 bridgehead atoms. The van der Waals surface area contributed by atoms with Crippen molar-refractivity contribution in [2.24, 2.45) is 0 Å². The molecule has 0 aromatic carbocycles. The van der Waals surface area contributed by atoms with Crippen LogP contribution < -0.4 is 9.59 Å². The van der Waals surface area contributed by atoms with Crippen molar-refractivity contribution in [3.63, 3.8) is 0 Å². The summed E-state index contributed by atoms with van der Waals surface area (Å²) >= 11 is 0.300. The Morgan fingerprint density at radius 1 is 1.33 bits per heavy atom. The van der Waals surface area contributed by atoms with Crippen molar-refractivity contribution < 1.29 is 41.6 Å². The van der Waals surface area contributed by atoms with Gasteiger partial charge in [0.1, 0.15) is 0 Å². The summed E-state index contributed by atoms with van der Waals surface area (Å²) in [4.78, 5) is 17.0. The quantitative estimate of drug-likeness (QED) is 0.375. The third kappa shape index (κ3) is 520. The molecule has 6 heavy (non-hydrogen) atoms. The fourth-order valence-corrected chi connectivity index (χ4v) is 0. The van der Waals surface area contributed by atoms with E-state index in [9.17, 15) is 0 Å². The van der Waals surface area contributed by atoms with E-state index in [1.54, 1.807) is 0 Å². The van der Waals surface area contributed by atoms with Gasteiger partial charge in [-0.15, -0.1) is 0 Å². The molecule has 0 spiro atoms. The van der Waals surface area contributed by atoms with Crippen molar-refractivity contribution in [1.29, 1.82) is 0 Å². The van der Waals surface area contributed by atoms with Gasteiger partial charge in [-0.05, 0) is 0 Å². The van der Waals surface area contributed by atoms with Crippen molar-refractivity contribution in [2.45, 2.75) is 0 Å². The molecule has 0 aromatic heterocycles. The molecule has 0 fully saturated rings. The number of hydrogen-bond donors (Lipinski definition) is 0. The van der Waals surface area contributed by atoms with Gasteiger partial charge in [-0.1, -0.05) is 0 Å². The van der Waals surface area contributed by atoms with E-state index in [0.29, 0.717) is 24.7 Å². The molecule has 6 heteroatoms. The van der Waals surface area contributed by atoms with Crippen LogP contribution >= 0.6 is 0 Å². The zero-order valence-electron chi connectivity index (χ0n) is 2.63. The van der Waals surface area contributed by atoms with E-state index < -0.39 is 9.17 Å². The Kier molecular flexibility index (Phi) is 14.4. The van der Waals surface area contributed by atoms with Crippen LogP contribution in [0, 0.1) is 0 Å². The normalized spacial score (nSPS) is 5.00. The molecule has 0 unspecified atom stereocenters. The monoisotopic (exact) mass is 182 g/mol. The molecule has 0 aliphatic rings. The molecule has 0 atom stereocenters. The van der Waals surface area contributed by atoms with E-state index in [1.165, 1.54) is 0 Å². The van der Waals surface area contributed by atoms with E-state index >= 15 is 0 Å². The fourth-order valence-electron chi connectivity index (χ4n) is 0. The summed E-state index contributed by atoms with van der Waals surface area (Å²) in [6, 6.07) is 0. The van der Waals surface area contributed by atoms with Gasteiger partial charge in [0.2, 0.25) is 0 Å². The molecule has 0 radical (unpaired) electrons. The molecule has 4 nitrogen and oxygen atoms in total. The van der Waals surface area contributed by atoms with Crippen LogP contribution in [0.25, 0.3) is 0 Å². The summed E-state index contributed by atoms with van der Waals surface area (Å²) in [7, 11) is -3.63. The Labute approximate surface area is 51.0 Å². The van der Waals surface area contributed by atoms with E-state index in [0.717, 1.165) is 0 Å². The first kappa shape index (κ1) is 9.57. The first-order valence-corrected chi connectivity index (χ1v) is 3.04. The van der Waals surface area contributed by atoms with Crippen LogP contribution in [0.5, 0.6) is 0 Å². The Morgan fingerprint density at radius 2 is 1.33 bits per heavy atom. The predicted molar refractivity (Wildman–Crippen MR) is 7.13 cm³/mol. The molecule has 0 rings (SSSR count). The molecule has 0 amide bonds. The molecule has 0 saturated carbocycles. The van der Waals surface area contributed by atoms with Crippen LogP contribution in [0.15, 0.2) is 0 Å². The zero-order valence-corrected chi connectivity index (χ0v) is 6.09. The predicted octanol–water partition coefficient (Wildman–Crippen LogP) is -3.00. The molecule has 0 aliphatic carbocycles. The van der Waals surface area contributed by atoms with Crippen molar-refractivity contribution in [3.8, 4) is 0 Å². The minimum absolute atomic E-state index is 0.300. The summed E-state index contributed by atoms with van der Waals surface area (Å²) < 4.78 is 16.9. The van der Waals surface area contributed by atoms with E-state index in [1.807, 2.05) is 0 Å². The van der Waals surface area contributed by atoms with Gasteiger partial charge in [0.15, 0.2) is 0 Å². The van der Waals surface area contributed by atoms with Crippen molar-refractivity contribution in [3.05, 3.63) is 0 Å². The second-order valence-electron chi connectivity index (χ2n) is 0.250. The summed E-state index contributed by atoms with van der Waals surface area (Å²) in [5, 5.41) is 0. The summed E-state index contributed by atoms with van der Waals surface area (Å²) in [6.07, 6.45) is 0. The fraction of sp³-hybridized carbons (Fsp3) is 0. The Bertz CT molecular complexity index is 38.8. The van der Waals surface area contributed by atoms with Gasteiger partial charge in [-0.25, -0.2) is 0 Å². The molecule has 32 valence electrons. The van der Waals surface area contributed by atoms with Gasteiger partial charge < -0.3 is 14.1 Å². The van der Waals surface area contributed by atoms with Crippen molar-refractivity contribution in [2.75, 3.05) is 0 Å². The summed E-state index contributed by atoms with van der Waals surface area (Å²) in [5.74, 6) is 0. The molecule has 0 heterocycles. The first-order chi connectivity index (χ1) is 2.73. The van der Waals surface area contributed by atoms with E-state index in [4.69, 9.17) is 16.9 Å². The van der Waals surface area contributed by atoms with Crippen LogP contribution in [0.4, 0.5) is 0 Å². The first-order valence-electron chi connectivity index (χ1n) is 0.816. The van der Waals surface area contributed by atoms with Crippen LogP contribution in [0.1, 0.15) is 0 Å². The van der Waals surface area contributed by atoms with Gasteiger partial charge >= 0.3 is 27.5 Å². The molecule has 0 aliphatic heterocycles. The van der Waals surface area contributed by atoms with Gasteiger partial charge in [-0.3, -0.25) is 0 Å². The van der Waals surface area contributed by atoms with Gasteiger partial charge in [0.25, 0.3) is 0 Å². The summed E-state index contributed by atoms with van der Waals surface area (Å²) in [6.45, 7) is 0. The van der Waals surface area contributed by atoms with E-state index in [-0.39, 0.29) is 0 Å². The minimum atomic E-state index is -3.63. The van der Waals surface area contributed by atoms with Crippen molar-refractivity contribution in [1.82, 2.24) is 0 Å². The molecule has 0 N–H and O–H groups in total. The maximum atomic E-state index is 8.52. The zero-order chi connectivity index (χ0) is 5.58. The standard InChI is InChI=1S/O3Si.O.Zr/c1-4(2)3;;/q-2;;+2. The Morgan fingerprint density at radius 3 is 1.33 bits per heavy atom. The maximum absolute atomic E-state index is 8.52. The third-order valence-electron chi connectivity index (χ3n) is 0. The average Bonchev–Trinajstić information content (AvgIpc) is 1.41. The summed E-state index contributed by atoms with van der Waals surface area (Å²) in [5.41, 5.74) is 0. The van der Waals surface area contributed by atoms with Crippen LogP contribution in [0.3, 0.4) is 0 Å². The van der Waals surface area contributed by atoms with Crippen molar-refractivity contribution >= 4 is 9.17 Å². The van der Waals surface area contributed by atoms with E-state index in [2.05, 4.69) is 0 Å². The Hall–Kier alpha value is 0.300. The average molecular weight is 183 g/mol. The molecule has 0 saturated heterocycles. The number of rotatable bonds is 0. The Balaban J connectivity index is 0. The van der Waals surface area contributed by atoms with Crippen LogP contribution in [0.2, 0.25) is 0 Å². The molecular formula is O4SiZr. The van der Waals surface area contributed by atoms with Crippen LogP contribution in [-0.2, 0) is 32.0 Å².